The first kappa shape index (κ1) is 30.7. The Morgan fingerprint density at radius 3 is 2.72 bits per heavy atom. The van der Waals surface area contributed by atoms with Crippen LogP contribution in [0.3, 0.4) is 0 Å². The Hall–Kier alpha value is -3.79. The molecule has 226 valence electrons. The average molecular weight is 604 g/mol. The van der Waals surface area contributed by atoms with Crippen LogP contribution in [0.25, 0.3) is 28.0 Å². The summed E-state index contributed by atoms with van der Waals surface area (Å²) in [4.78, 5) is 24.5. The van der Waals surface area contributed by atoms with E-state index in [1.165, 1.54) is 17.4 Å². The number of benzene rings is 2. The number of rotatable bonds is 14. The SMILES string of the molecule is C=C[C@@H](CCN=C(C)N)NCc1ccc(-n2cc3cc(-c4cc(CCCC(N)C5CC5)cc(Cl)c4F)[nH]c3nc2=O)cc1. The van der Waals surface area contributed by atoms with Gasteiger partial charge < -0.3 is 21.8 Å². The standard InChI is InChI=1S/C33H39ClFN7O/c1-3-25(13-14-38-20(2)36)39-18-21-7-11-26(12-8-21)42-19-24-17-30(40-32(24)41-33(42)43)27-15-22(16-28(34)31(27)35)5-4-6-29(37)23-9-10-23/h3,7-8,11-12,15-17,19,23,25,29,39H,1,4-6,9-10,13-14,18,37H2,2H3,(H2,36,38)(H,40,41,43)/t25-,29?/m0/s1. The van der Waals surface area contributed by atoms with Crippen molar-refractivity contribution in [2.75, 3.05) is 6.54 Å². The molecule has 1 saturated carbocycles. The Morgan fingerprint density at radius 1 is 1.26 bits per heavy atom. The Bertz CT molecular complexity index is 1670. The molecule has 43 heavy (non-hydrogen) atoms. The molecule has 8 nitrogen and oxygen atoms in total. The predicted molar refractivity (Wildman–Crippen MR) is 173 cm³/mol. The molecule has 10 heteroatoms. The summed E-state index contributed by atoms with van der Waals surface area (Å²) in [6, 6.07) is 13.3. The van der Waals surface area contributed by atoms with Gasteiger partial charge in [-0.2, -0.15) is 4.98 Å². The normalized spacial score (nSPS) is 15.1. The number of aryl methyl sites for hydroxylation is 1. The van der Waals surface area contributed by atoms with Crippen molar-refractivity contribution in [3.05, 3.63) is 93.8 Å². The molecular formula is C33H39ClFN7O. The van der Waals surface area contributed by atoms with Crippen molar-refractivity contribution in [1.29, 1.82) is 0 Å². The number of hydrogen-bond donors (Lipinski definition) is 4. The monoisotopic (exact) mass is 603 g/mol. The highest BCUT2D eigenvalue weighted by Crippen LogP contribution is 2.34. The zero-order valence-electron chi connectivity index (χ0n) is 24.5. The number of nitrogens with zero attached hydrogens (tertiary/aromatic N) is 3. The maximum atomic E-state index is 15.2. The highest BCUT2D eigenvalue weighted by atomic mass is 35.5. The zero-order chi connectivity index (χ0) is 30.5. The molecular weight excluding hydrogens is 565 g/mol. The summed E-state index contributed by atoms with van der Waals surface area (Å²) in [5.74, 6) is 0.715. The van der Waals surface area contributed by atoms with Crippen LogP contribution in [0.4, 0.5) is 4.39 Å². The van der Waals surface area contributed by atoms with E-state index in [0.717, 1.165) is 36.8 Å². The largest absolute Gasteiger partial charge is 0.388 e. The average Bonchev–Trinajstić information content (AvgIpc) is 3.76. The van der Waals surface area contributed by atoms with Crippen molar-refractivity contribution >= 4 is 28.5 Å². The third kappa shape index (κ3) is 7.79. The van der Waals surface area contributed by atoms with Gasteiger partial charge in [-0.15, -0.1) is 6.58 Å². The Kier molecular flexibility index (Phi) is 9.75. The maximum Gasteiger partial charge on any atom is 0.354 e. The van der Waals surface area contributed by atoms with Crippen molar-refractivity contribution in [3.8, 4) is 16.9 Å². The zero-order valence-corrected chi connectivity index (χ0v) is 25.2. The van der Waals surface area contributed by atoms with Crippen LogP contribution < -0.4 is 22.5 Å². The van der Waals surface area contributed by atoms with E-state index in [4.69, 9.17) is 23.1 Å². The van der Waals surface area contributed by atoms with Crippen LogP contribution >= 0.6 is 11.6 Å². The molecule has 6 N–H and O–H groups in total. The summed E-state index contributed by atoms with van der Waals surface area (Å²) in [5.41, 5.74) is 15.4. The molecule has 0 bridgehead atoms. The number of fused-ring (bicyclic) bond motifs is 1. The summed E-state index contributed by atoms with van der Waals surface area (Å²) in [7, 11) is 0. The van der Waals surface area contributed by atoms with Crippen molar-refractivity contribution in [3.63, 3.8) is 0 Å². The number of aromatic nitrogens is 3. The van der Waals surface area contributed by atoms with E-state index in [2.05, 4.69) is 26.9 Å². The minimum Gasteiger partial charge on any atom is -0.388 e. The maximum absolute atomic E-state index is 15.2. The molecule has 2 aromatic heterocycles. The minimum atomic E-state index is -0.507. The number of aromatic amines is 1. The number of nitrogens with two attached hydrogens (primary N) is 2. The number of hydrogen-bond acceptors (Lipinski definition) is 5. The van der Waals surface area contributed by atoms with E-state index >= 15 is 4.39 Å². The Balaban J connectivity index is 1.30. The summed E-state index contributed by atoms with van der Waals surface area (Å²) in [6.07, 6.45) is 9.44. The van der Waals surface area contributed by atoms with Gasteiger partial charge in [0.2, 0.25) is 0 Å². The predicted octanol–water partition coefficient (Wildman–Crippen LogP) is 5.64. The molecule has 1 aliphatic rings. The van der Waals surface area contributed by atoms with Crippen LogP contribution in [-0.4, -0.2) is 39.0 Å². The third-order valence-electron chi connectivity index (χ3n) is 7.99. The van der Waals surface area contributed by atoms with Gasteiger partial charge in [-0.25, -0.2) is 9.18 Å². The van der Waals surface area contributed by atoms with Gasteiger partial charge in [0.15, 0.2) is 5.82 Å². The second-order valence-corrected chi connectivity index (χ2v) is 11.8. The van der Waals surface area contributed by atoms with E-state index in [9.17, 15) is 4.79 Å². The van der Waals surface area contributed by atoms with Gasteiger partial charge in [0.1, 0.15) is 5.65 Å². The van der Waals surface area contributed by atoms with E-state index in [1.54, 1.807) is 25.3 Å². The molecule has 2 aromatic carbocycles. The van der Waals surface area contributed by atoms with Gasteiger partial charge in [-0.1, -0.05) is 29.8 Å². The summed E-state index contributed by atoms with van der Waals surface area (Å²) >= 11 is 6.29. The van der Waals surface area contributed by atoms with E-state index in [0.29, 0.717) is 52.8 Å². The fourth-order valence-electron chi connectivity index (χ4n) is 5.32. The van der Waals surface area contributed by atoms with Crippen molar-refractivity contribution < 1.29 is 4.39 Å². The molecule has 0 spiro atoms. The lowest BCUT2D eigenvalue weighted by Crippen LogP contribution is -2.27. The van der Waals surface area contributed by atoms with Crippen molar-refractivity contribution in [2.24, 2.45) is 22.4 Å². The third-order valence-corrected chi connectivity index (χ3v) is 8.26. The number of H-pyrrole nitrogens is 1. The number of aliphatic imine (C=N–C) groups is 1. The highest BCUT2D eigenvalue weighted by molar-refractivity contribution is 6.31. The second kappa shape index (κ2) is 13.7. The van der Waals surface area contributed by atoms with Crippen molar-refractivity contribution in [1.82, 2.24) is 19.9 Å². The van der Waals surface area contributed by atoms with Gasteiger partial charge in [0, 0.05) is 42.3 Å². The van der Waals surface area contributed by atoms with Crippen LogP contribution in [0.15, 0.2) is 71.1 Å². The van der Waals surface area contributed by atoms with Gasteiger partial charge in [0.05, 0.1) is 22.2 Å². The number of halogens is 2. The minimum absolute atomic E-state index is 0.0679. The molecule has 0 saturated heterocycles. The quantitative estimate of drug-likeness (QED) is 0.0842. The molecule has 5 rings (SSSR count). The topological polar surface area (TPSA) is 127 Å². The van der Waals surface area contributed by atoms with Crippen LogP contribution in [0.5, 0.6) is 0 Å². The Labute approximate surface area is 256 Å². The molecule has 4 aromatic rings. The Morgan fingerprint density at radius 2 is 2.02 bits per heavy atom. The van der Waals surface area contributed by atoms with E-state index < -0.39 is 11.5 Å². The number of amidine groups is 1. The molecule has 0 aliphatic heterocycles. The van der Waals surface area contributed by atoms with E-state index in [1.807, 2.05) is 36.4 Å². The van der Waals surface area contributed by atoms with Crippen LogP contribution in [-0.2, 0) is 13.0 Å². The summed E-state index contributed by atoms with van der Waals surface area (Å²) in [6.45, 7) is 6.93. The first-order valence-corrected chi connectivity index (χ1v) is 15.2. The van der Waals surface area contributed by atoms with Crippen LogP contribution in [0.1, 0.15) is 50.2 Å². The van der Waals surface area contributed by atoms with Gasteiger partial charge in [-0.05, 0) is 92.8 Å². The second-order valence-electron chi connectivity index (χ2n) is 11.4. The smallest absolute Gasteiger partial charge is 0.354 e. The molecule has 2 heterocycles. The molecule has 1 aliphatic carbocycles. The lowest BCUT2D eigenvalue weighted by Gasteiger charge is -2.14. The summed E-state index contributed by atoms with van der Waals surface area (Å²) in [5, 5.41) is 4.20. The van der Waals surface area contributed by atoms with Crippen LogP contribution in [0.2, 0.25) is 5.02 Å². The van der Waals surface area contributed by atoms with E-state index in [-0.39, 0.29) is 17.1 Å². The lowest BCUT2D eigenvalue weighted by molar-refractivity contribution is 0.528. The highest BCUT2D eigenvalue weighted by Gasteiger charge is 2.27. The van der Waals surface area contributed by atoms with Gasteiger partial charge in [-0.3, -0.25) is 9.56 Å². The fourth-order valence-corrected chi connectivity index (χ4v) is 5.56. The molecule has 2 atom stereocenters. The molecule has 1 unspecified atom stereocenters. The summed E-state index contributed by atoms with van der Waals surface area (Å²) < 4.78 is 16.7. The fraction of sp³-hybridized carbons (Fsp3) is 0.364. The molecule has 1 fully saturated rings. The first-order chi connectivity index (χ1) is 20.7. The number of nitrogens with one attached hydrogen (secondary N) is 2. The first-order valence-electron chi connectivity index (χ1n) is 14.8. The molecule has 0 radical (unpaired) electrons. The molecule has 0 amide bonds. The van der Waals surface area contributed by atoms with Gasteiger partial charge in [0.25, 0.3) is 0 Å². The lowest BCUT2D eigenvalue weighted by atomic mass is 10.00. The van der Waals surface area contributed by atoms with Crippen molar-refractivity contribution in [2.45, 2.75) is 64.1 Å². The van der Waals surface area contributed by atoms with Crippen LogP contribution in [0, 0.1) is 11.7 Å². The van der Waals surface area contributed by atoms with Gasteiger partial charge >= 0.3 is 5.69 Å².